The molecule has 1 heterocycles. The van der Waals surface area contributed by atoms with Gasteiger partial charge in [0.25, 0.3) is 0 Å². The van der Waals surface area contributed by atoms with Gasteiger partial charge < -0.3 is 10.1 Å². The first-order valence-electron chi connectivity index (χ1n) is 6.62. The summed E-state index contributed by atoms with van der Waals surface area (Å²) in [6, 6.07) is 0.190. The van der Waals surface area contributed by atoms with Gasteiger partial charge in [-0.1, -0.05) is 6.92 Å². The van der Waals surface area contributed by atoms with Crippen LogP contribution in [0.3, 0.4) is 0 Å². The second-order valence-corrected chi connectivity index (χ2v) is 5.74. The average Bonchev–Trinajstić information content (AvgIpc) is 2.88. The lowest BCUT2D eigenvalue weighted by Gasteiger charge is -2.25. The van der Waals surface area contributed by atoms with E-state index in [1.54, 1.807) is 0 Å². The number of carbonyl (C=O) groups excluding carboxylic acids is 2. The summed E-state index contributed by atoms with van der Waals surface area (Å²) >= 11 is 0. The van der Waals surface area contributed by atoms with Gasteiger partial charge >= 0.3 is 5.97 Å². The maximum Gasteiger partial charge on any atom is 0.310 e. The Morgan fingerprint density at radius 2 is 2.29 bits per heavy atom. The molecule has 0 radical (unpaired) electrons. The maximum atomic E-state index is 12.2. The first-order chi connectivity index (χ1) is 8.11. The van der Waals surface area contributed by atoms with Crippen molar-refractivity contribution in [1.82, 2.24) is 5.32 Å². The van der Waals surface area contributed by atoms with Crippen LogP contribution in [-0.2, 0) is 14.3 Å². The van der Waals surface area contributed by atoms with Crippen LogP contribution >= 0.6 is 0 Å². The summed E-state index contributed by atoms with van der Waals surface area (Å²) in [5.74, 6) is 0.340. The molecule has 6 atom stereocenters. The minimum absolute atomic E-state index is 0.0640. The fraction of sp³-hybridized carbons (Fsp3) is 0.846. The lowest BCUT2D eigenvalue weighted by Crippen LogP contribution is -2.43. The molecule has 1 saturated heterocycles. The van der Waals surface area contributed by atoms with E-state index in [4.69, 9.17) is 4.74 Å². The van der Waals surface area contributed by atoms with Crippen molar-refractivity contribution in [3.05, 3.63) is 0 Å². The number of rotatable bonds is 3. The fourth-order valence-electron chi connectivity index (χ4n) is 3.80. The smallest absolute Gasteiger partial charge is 0.310 e. The van der Waals surface area contributed by atoms with Crippen LogP contribution in [0.25, 0.3) is 0 Å². The number of amides is 1. The van der Waals surface area contributed by atoms with Gasteiger partial charge in [-0.25, -0.2) is 0 Å². The lowest BCUT2D eigenvalue weighted by atomic mass is 9.79. The summed E-state index contributed by atoms with van der Waals surface area (Å²) in [4.78, 5) is 24.0. The van der Waals surface area contributed by atoms with Gasteiger partial charge in [0, 0.05) is 12.0 Å². The Hall–Kier alpha value is -1.06. The number of esters is 1. The molecular formula is C13H19NO3. The van der Waals surface area contributed by atoms with Crippen LogP contribution in [0.5, 0.6) is 0 Å². The molecule has 0 spiro atoms. The van der Waals surface area contributed by atoms with Crippen molar-refractivity contribution < 1.29 is 14.3 Å². The molecule has 4 heteroatoms. The Labute approximate surface area is 101 Å². The van der Waals surface area contributed by atoms with Crippen LogP contribution in [0.4, 0.5) is 0 Å². The quantitative estimate of drug-likeness (QED) is 0.748. The molecular weight excluding hydrogens is 218 g/mol. The largest absolute Gasteiger partial charge is 0.462 e. The van der Waals surface area contributed by atoms with Gasteiger partial charge in [0.2, 0.25) is 5.91 Å². The monoisotopic (exact) mass is 237 g/mol. The van der Waals surface area contributed by atoms with Gasteiger partial charge in [-0.15, -0.1) is 0 Å². The average molecular weight is 237 g/mol. The van der Waals surface area contributed by atoms with Crippen LogP contribution in [-0.4, -0.2) is 24.0 Å². The Morgan fingerprint density at radius 3 is 3.00 bits per heavy atom. The van der Waals surface area contributed by atoms with E-state index in [9.17, 15) is 9.59 Å². The van der Waals surface area contributed by atoms with Gasteiger partial charge in [-0.05, 0) is 32.1 Å². The number of fused-ring (bicyclic) bond motifs is 1. The summed E-state index contributed by atoms with van der Waals surface area (Å²) in [5, 5.41) is 3.01. The van der Waals surface area contributed by atoms with Crippen LogP contribution in [0, 0.1) is 23.7 Å². The molecule has 1 aliphatic heterocycles. The van der Waals surface area contributed by atoms with Gasteiger partial charge in [0.05, 0.1) is 11.8 Å². The van der Waals surface area contributed by atoms with E-state index in [1.807, 2.05) is 13.8 Å². The fourth-order valence-corrected chi connectivity index (χ4v) is 3.80. The molecule has 2 bridgehead atoms. The van der Waals surface area contributed by atoms with Crippen LogP contribution in [0.2, 0.25) is 0 Å². The van der Waals surface area contributed by atoms with E-state index in [1.165, 1.54) is 0 Å². The van der Waals surface area contributed by atoms with Crippen molar-refractivity contribution in [3.63, 3.8) is 0 Å². The van der Waals surface area contributed by atoms with Crippen molar-refractivity contribution in [2.45, 2.75) is 45.3 Å². The van der Waals surface area contributed by atoms with Gasteiger partial charge in [-0.3, -0.25) is 9.59 Å². The molecule has 4 nitrogen and oxygen atoms in total. The van der Waals surface area contributed by atoms with Crippen LogP contribution in [0.1, 0.15) is 33.1 Å². The standard InChI is InChI=1S/C13H19NO3/c1-3-6(2)14-12(15)10-7-4-8-9(5-7)17-13(16)11(8)10/h6-11H,3-5H2,1-2H3,(H,14,15)/t6-,7-,8+,9-,10-,11+/m1/s1. The van der Waals surface area contributed by atoms with Crippen molar-refractivity contribution >= 4 is 11.9 Å². The topological polar surface area (TPSA) is 55.4 Å². The first-order valence-corrected chi connectivity index (χ1v) is 6.62. The Bertz CT molecular complexity index is 366. The zero-order valence-corrected chi connectivity index (χ0v) is 10.3. The lowest BCUT2D eigenvalue weighted by molar-refractivity contribution is -0.146. The molecule has 1 N–H and O–H groups in total. The summed E-state index contributed by atoms with van der Waals surface area (Å²) in [6.07, 6.45) is 2.93. The SMILES string of the molecule is CC[C@@H](C)NC(=O)[C@@H]1[C@@H]2C[C@@H]3[C@@H]1C(=O)O[C@@H]3C2. The second kappa shape index (κ2) is 3.72. The highest BCUT2D eigenvalue weighted by atomic mass is 16.6. The van der Waals surface area contributed by atoms with Crippen LogP contribution < -0.4 is 5.32 Å². The zero-order chi connectivity index (χ0) is 12.2. The minimum atomic E-state index is -0.150. The predicted molar refractivity (Wildman–Crippen MR) is 61.0 cm³/mol. The summed E-state index contributed by atoms with van der Waals surface area (Å²) in [5.41, 5.74) is 0. The van der Waals surface area contributed by atoms with Crippen LogP contribution in [0.15, 0.2) is 0 Å². The number of hydrogen-bond acceptors (Lipinski definition) is 3. The molecule has 0 aromatic carbocycles. The van der Waals surface area contributed by atoms with Crippen molar-refractivity contribution in [1.29, 1.82) is 0 Å². The molecule has 0 aromatic rings. The molecule has 94 valence electrons. The van der Waals surface area contributed by atoms with E-state index in [0.29, 0.717) is 11.8 Å². The Morgan fingerprint density at radius 1 is 1.53 bits per heavy atom. The number of nitrogens with one attached hydrogen (secondary N) is 1. The molecule has 3 rings (SSSR count). The van der Waals surface area contributed by atoms with Crippen molar-refractivity contribution in [2.24, 2.45) is 23.7 Å². The van der Waals surface area contributed by atoms with Gasteiger partial charge in [0.1, 0.15) is 6.10 Å². The molecule has 17 heavy (non-hydrogen) atoms. The Kier molecular flexibility index (Phi) is 2.42. The third kappa shape index (κ3) is 1.49. The van der Waals surface area contributed by atoms with Crippen molar-refractivity contribution in [3.8, 4) is 0 Å². The van der Waals surface area contributed by atoms with Crippen molar-refractivity contribution in [2.75, 3.05) is 0 Å². The van der Waals surface area contributed by atoms with E-state index in [-0.39, 0.29) is 35.9 Å². The highest BCUT2D eigenvalue weighted by Crippen LogP contribution is 2.57. The summed E-state index contributed by atoms with van der Waals surface area (Å²) in [6.45, 7) is 4.05. The molecule has 2 aliphatic carbocycles. The van der Waals surface area contributed by atoms with E-state index in [0.717, 1.165) is 19.3 Å². The molecule has 0 unspecified atom stereocenters. The molecule has 1 amide bonds. The van der Waals surface area contributed by atoms with E-state index < -0.39 is 0 Å². The maximum absolute atomic E-state index is 12.2. The first kappa shape index (κ1) is 11.1. The minimum Gasteiger partial charge on any atom is -0.462 e. The normalized spacial score (nSPS) is 43.6. The molecule has 3 fully saturated rings. The number of carbonyl (C=O) groups is 2. The third-order valence-corrected chi connectivity index (χ3v) is 4.79. The highest BCUT2D eigenvalue weighted by Gasteiger charge is 2.63. The van der Waals surface area contributed by atoms with E-state index in [2.05, 4.69) is 5.32 Å². The summed E-state index contributed by atoms with van der Waals surface area (Å²) < 4.78 is 5.33. The zero-order valence-electron chi connectivity index (χ0n) is 10.3. The van der Waals surface area contributed by atoms with Gasteiger partial charge in [-0.2, -0.15) is 0 Å². The predicted octanol–water partition coefficient (Wildman–Crippen LogP) is 1.10. The highest BCUT2D eigenvalue weighted by molar-refractivity contribution is 5.88. The van der Waals surface area contributed by atoms with E-state index >= 15 is 0 Å². The Balaban J connectivity index is 1.76. The molecule has 2 saturated carbocycles. The summed E-state index contributed by atoms with van der Waals surface area (Å²) in [7, 11) is 0. The molecule has 0 aromatic heterocycles. The second-order valence-electron chi connectivity index (χ2n) is 5.74. The molecule has 3 aliphatic rings. The van der Waals surface area contributed by atoms with Gasteiger partial charge in [0.15, 0.2) is 0 Å². The number of hydrogen-bond donors (Lipinski definition) is 1. The third-order valence-electron chi connectivity index (χ3n) is 4.79. The number of ether oxygens (including phenoxy) is 1.